The van der Waals surface area contributed by atoms with E-state index in [-0.39, 0.29) is 11.7 Å². The van der Waals surface area contributed by atoms with Crippen LogP contribution in [-0.4, -0.2) is 23.4 Å². The topological polar surface area (TPSA) is 38.7 Å². The Morgan fingerprint density at radius 1 is 1.35 bits per heavy atom. The van der Waals surface area contributed by atoms with Gasteiger partial charge in [-0.1, -0.05) is 25.0 Å². The number of fused-ring (bicyclic) bond motifs is 1. The van der Waals surface area contributed by atoms with E-state index in [4.69, 9.17) is 9.47 Å². The molecule has 20 heavy (non-hydrogen) atoms. The number of rotatable bonds is 2. The van der Waals surface area contributed by atoms with Crippen molar-refractivity contribution in [1.82, 2.24) is 0 Å². The molecule has 1 spiro atoms. The van der Waals surface area contributed by atoms with Crippen molar-refractivity contribution in [2.24, 2.45) is 0 Å². The van der Waals surface area contributed by atoms with E-state index >= 15 is 0 Å². The van der Waals surface area contributed by atoms with E-state index in [0.29, 0.717) is 6.42 Å². The Bertz CT molecular complexity index is 483. The molecule has 0 saturated carbocycles. The van der Waals surface area contributed by atoms with Gasteiger partial charge in [-0.25, -0.2) is 0 Å². The summed E-state index contributed by atoms with van der Waals surface area (Å²) in [4.78, 5) is 0. The molecule has 2 heterocycles. The van der Waals surface area contributed by atoms with Gasteiger partial charge in [0.15, 0.2) is 0 Å². The summed E-state index contributed by atoms with van der Waals surface area (Å²) in [7, 11) is 0. The van der Waals surface area contributed by atoms with E-state index in [1.807, 2.05) is 25.1 Å². The Kier molecular flexibility index (Phi) is 3.74. The summed E-state index contributed by atoms with van der Waals surface area (Å²) in [6, 6.07) is 6.09. The molecule has 1 fully saturated rings. The molecule has 0 amide bonds. The molecular formula is C17H24O3. The van der Waals surface area contributed by atoms with E-state index in [0.717, 1.165) is 49.2 Å². The molecule has 3 rings (SSSR count). The standard InChI is InChI=1S/C17H24O3/c1-3-4-13-10-17(7-8-19-13)11-15(18)14-9-12(2)5-6-16(14)20-17/h5-6,9,13,15,18H,3-4,7-8,10-11H2,1-2H3/t13?,15-,17?/m1/s1. The summed E-state index contributed by atoms with van der Waals surface area (Å²) < 4.78 is 12.1. The minimum Gasteiger partial charge on any atom is -0.487 e. The van der Waals surface area contributed by atoms with Crippen molar-refractivity contribution in [3.05, 3.63) is 29.3 Å². The lowest BCUT2D eigenvalue weighted by Gasteiger charge is -2.45. The predicted molar refractivity (Wildman–Crippen MR) is 78.0 cm³/mol. The van der Waals surface area contributed by atoms with Crippen LogP contribution in [0.1, 0.15) is 56.3 Å². The molecule has 2 aliphatic heterocycles. The third-order valence-corrected chi connectivity index (χ3v) is 4.54. The smallest absolute Gasteiger partial charge is 0.125 e. The van der Waals surface area contributed by atoms with Crippen molar-refractivity contribution in [3.63, 3.8) is 0 Å². The van der Waals surface area contributed by atoms with Gasteiger partial charge < -0.3 is 14.6 Å². The van der Waals surface area contributed by atoms with Crippen molar-refractivity contribution in [1.29, 1.82) is 0 Å². The van der Waals surface area contributed by atoms with Crippen LogP contribution in [0, 0.1) is 6.92 Å². The van der Waals surface area contributed by atoms with Gasteiger partial charge in [-0.05, 0) is 25.5 Å². The van der Waals surface area contributed by atoms with Gasteiger partial charge in [-0.2, -0.15) is 0 Å². The summed E-state index contributed by atoms with van der Waals surface area (Å²) >= 11 is 0. The van der Waals surface area contributed by atoms with Crippen LogP contribution in [0.2, 0.25) is 0 Å². The van der Waals surface area contributed by atoms with E-state index in [1.165, 1.54) is 0 Å². The van der Waals surface area contributed by atoms with Crippen molar-refractivity contribution in [3.8, 4) is 5.75 Å². The van der Waals surface area contributed by atoms with Crippen LogP contribution >= 0.6 is 0 Å². The van der Waals surface area contributed by atoms with Gasteiger partial charge in [0.2, 0.25) is 0 Å². The molecule has 1 N–H and O–H groups in total. The van der Waals surface area contributed by atoms with E-state index < -0.39 is 6.10 Å². The Balaban J connectivity index is 1.84. The number of aliphatic hydroxyl groups excluding tert-OH is 1. The van der Waals surface area contributed by atoms with E-state index in [1.54, 1.807) is 0 Å². The van der Waals surface area contributed by atoms with Gasteiger partial charge in [-0.15, -0.1) is 0 Å². The minimum atomic E-state index is -0.418. The molecule has 0 aromatic heterocycles. The Morgan fingerprint density at radius 3 is 3.00 bits per heavy atom. The average molecular weight is 276 g/mol. The SMILES string of the molecule is CCCC1CC2(CCO1)C[C@@H](O)c1cc(C)ccc1O2. The molecule has 3 heteroatoms. The first-order valence-electron chi connectivity index (χ1n) is 7.71. The number of hydrogen-bond donors (Lipinski definition) is 1. The van der Waals surface area contributed by atoms with Crippen LogP contribution in [0.25, 0.3) is 0 Å². The molecular weight excluding hydrogens is 252 g/mol. The normalized spacial score (nSPS) is 32.8. The number of hydrogen-bond acceptors (Lipinski definition) is 3. The first kappa shape index (κ1) is 13.9. The number of aliphatic hydroxyl groups is 1. The number of aryl methyl sites for hydroxylation is 1. The second-order valence-corrected chi connectivity index (χ2v) is 6.28. The first-order valence-corrected chi connectivity index (χ1v) is 7.71. The minimum absolute atomic E-state index is 0.236. The van der Waals surface area contributed by atoms with Gasteiger partial charge in [0, 0.05) is 24.8 Å². The largest absolute Gasteiger partial charge is 0.487 e. The highest BCUT2D eigenvalue weighted by Gasteiger charge is 2.44. The molecule has 1 aromatic carbocycles. The highest BCUT2D eigenvalue weighted by molar-refractivity contribution is 5.41. The average Bonchev–Trinajstić information content (AvgIpc) is 2.40. The third-order valence-electron chi connectivity index (χ3n) is 4.54. The summed E-state index contributed by atoms with van der Waals surface area (Å²) in [6.45, 7) is 4.96. The van der Waals surface area contributed by atoms with Gasteiger partial charge >= 0.3 is 0 Å². The highest BCUT2D eigenvalue weighted by atomic mass is 16.5. The van der Waals surface area contributed by atoms with Crippen molar-refractivity contribution in [2.45, 2.75) is 63.8 Å². The van der Waals surface area contributed by atoms with Gasteiger partial charge in [-0.3, -0.25) is 0 Å². The maximum Gasteiger partial charge on any atom is 0.125 e. The Labute approximate surface area is 120 Å². The first-order chi connectivity index (χ1) is 9.62. The molecule has 1 aromatic rings. The fraction of sp³-hybridized carbons (Fsp3) is 0.647. The molecule has 110 valence electrons. The van der Waals surface area contributed by atoms with Crippen molar-refractivity contribution in [2.75, 3.05) is 6.61 Å². The monoisotopic (exact) mass is 276 g/mol. The van der Waals surface area contributed by atoms with Crippen LogP contribution in [-0.2, 0) is 4.74 Å². The summed E-state index contributed by atoms with van der Waals surface area (Å²) in [5, 5.41) is 10.5. The van der Waals surface area contributed by atoms with Gasteiger partial charge in [0.05, 0.1) is 18.8 Å². The predicted octanol–water partition coefficient (Wildman–Crippen LogP) is 3.53. The zero-order valence-electron chi connectivity index (χ0n) is 12.4. The molecule has 2 unspecified atom stereocenters. The second kappa shape index (κ2) is 5.38. The zero-order chi connectivity index (χ0) is 14.2. The molecule has 0 bridgehead atoms. The number of ether oxygens (including phenoxy) is 2. The quantitative estimate of drug-likeness (QED) is 0.898. The summed E-state index contributed by atoms with van der Waals surface area (Å²) in [6.07, 6.45) is 4.50. The Hall–Kier alpha value is -1.06. The lowest BCUT2D eigenvalue weighted by Crippen LogP contribution is -2.48. The molecule has 0 radical (unpaired) electrons. The molecule has 3 nitrogen and oxygen atoms in total. The second-order valence-electron chi connectivity index (χ2n) is 6.28. The summed E-state index contributed by atoms with van der Waals surface area (Å²) in [5.41, 5.74) is 1.87. The lowest BCUT2D eigenvalue weighted by molar-refractivity contribution is -0.118. The van der Waals surface area contributed by atoms with Crippen LogP contribution in [0.3, 0.4) is 0 Å². The molecule has 1 saturated heterocycles. The highest BCUT2D eigenvalue weighted by Crippen LogP contribution is 2.45. The maximum absolute atomic E-state index is 10.5. The van der Waals surface area contributed by atoms with Crippen LogP contribution in [0.4, 0.5) is 0 Å². The Morgan fingerprint density at radius 2 is 2.20 bits per heavy atom. The van der Waals surface area contributed by atoms with Crippen LogP contribution < -0.4 is 4.74 Å². The van der Waals surface area contributed by atoms with Crippen LogP contribution in [0.5, 0.6) is 5.75 Å². The van der Waals surface area contributed by atoms with Crippen molar-refractivity contribution < 1.29 is 14.6 Å². The maximum atomic E-state index is 10.5. The fourth-order valence-corrected chi connectivity index (χ4v) is 3.53. The van der Waals surface area contributed by atoms with Crippen molar-refractivity contribution >= 4 is 0 Å². The van der Waals surface area contributed by atoms with E-state index in [2.05, 4.69) is 6.92 Å². The third kappa shape index (κ3) is 2.57. The molecule has 3 atom stereocenters. The molecule has 2 aliphatic rings. The van der Waals surface area contributed by atoms with Crippen LogP contribution in [0.15, 0.2) is 18.2 Å². The lowest BCUT2D eigenvalue weighted by atomic mass is 9.80. The van der Waals surface area contributed by atoms with Gasteiger partial charge in [0.1, 0.15) is 11.4 Å². The fourth-order valence-electron chi connectivity index (χ4n) is 3.53. The zero-order valence-corrected chi connectivity index (χ0v) is 12.4. The number of benzene rings is 1. The van der Waals surface area contributed by atoms with E-state index in [9.17, 15) is 5.11 Å². The summed E-state index contributed by atoms with van der Waals surface area (Å²) in [5.74, 6) is 0.853. The van der Waals surface area contributed by atoms with Gasteiger partial charge in [0.25, 0.3) is 0 Å². The molecule has 0 aliphatic carbocycles.